The summed E-state index contributed by atoms with van der Waals surface area (Å²) in [4.78, 5) is 5.40. The molecule has 0 atom stereocenters. The monoisotopic (exact) mass is 266 g/mol. The van der Waals surface area contributed by atoms with Gasteiger partial charge < -0.3 is 0 Å². The van der Waals surface area contributed by atoms with E-state index in [0.717, 1.165) is 21.9 Å². The summed E-state index contributed by atoms with van der Waals surface area (Å²) in [6.07, 6.45) is 1.94. The fraction of sp³-hybridized carbons (Fsp3) is 0.0833. The molecule has 0 aliphatic carbocycles. The molecular weight excluding hydrogens is 259 g/mol. The van der Waals surface area contributed by atoms with E-state index >= 15 is 0 Å². The predicted octanol–water partition coefficient (Wildman–Crippen LogP) is 4.16. The first kappa shape index (κ1) is 10.7. The van der Waals surface area contributed by atoms with Gasteiger partial charge in [-0.15, -0.1) is 11.3 Å². The molecule has 5 heteroatoms. The summed E-state index contributed by atoms with van der Waals surface area (Å²) >= 11 is 7.34. The zero-order valence-corrected chi connectivity index (χ0v) is 10.5. The minimum atomic E-state index is -0.410. The van der Waals surface area contributed by atoms with Gasteiger partial charge in [0.25, 0.3) is 0 Å². The van der Waals surface area contributed by atoms with Crippen LogP contribution in [-0.4, -0.2) is 9.38 Å². The second kappa shape index (κ2) is 3.82. The van der Waals surface area contributed by atoms with Gasteiger partial charge in [-0.2, -0.15) is 0 Å². The lowest BCUT2D eigenvalue weighted by atomic mass is 10.2. The van der Waals surface area contributed by atoms with Crippen molar-refractivity contribution in [3.63, 3.8) is 0 Å². The second-order valence-electron chi connectivity index (χ2n) is 3.78. The number of hydrogen-bond donors (Lipinski definition) is 0. The van der Waals surface area contributed by atoms with Crippen LogP contribution < -0.4 is 0 Å². The van der Waals surface area contributed by atoms with Crippen LogP contribution in [-0.2, 0) is 0 Å². The standard InChI is InChI=1S/C12H8ClFN2S/c1-7-6-17-12-15-11(5-16(7)12)8-2-3-10(14)9(13)4-8/h2-6H,1H3. The van der Waals surface area contributed by atoms with Crippen LogP contribution >= 0.6 is 22.9 Å². The van der Waals surface area contributed by atoms with Crippen LogP contribution in [0.25, 0.3) is 16.2 Å². The number of rotatable bonds is 1. The first-order chi connectivity index (χ1) is 8.15. The Hall–Kier alpha value is -1.39. The highest BCUT2D eigenvalue weighted by Gasteiger charge is 2.09. The van der Waals surface area contributed by atoms with Gasteiger partial charge in [0.2, 0.25) is 0 Å². The molecule has 0 bridgehead atoms. The van der Waals surface area contributed by atoms with Crippen molar-refractivity contribution in [2.24, 2.45) is 0 Å². The molecule has 0 saturated carbocycles. The van der Waals surface area contributed by atoms with Gasteiger partial charge in [-0.25, -0.2) is 9.37 Å². The van der Waals surface area contributed by atoms with Crippen LogP contribution in [0.3, 0.4) is 0 Å². The Morgan fingerprint density at radius 3 is 2.94 bits per heavy atom. The highest BCUT2D eigenvalue weighted by Crippen LogP contribution is 2.26. The first-order valence-corrected chi connectivity index (χ1v) is 6.29. The summed E-state index contributed by atoms with van der Waals surface area (Å²) in [5.41, 5.74) is 2.77. The van der Waals surface area contributed by atoms with Crippen LogP contribution in [0.2, 0.25) is 5.02 Å². The lowest BCUT2D eigenvalue weighted by Crippen LogP contribution is -1.81. The molecule has 3 rings (SSSR count). The number of fused-ring (bicyclic) bond motifs is 1. The third kappa shape index (κ3) is 1.73. The molecule has 0 saturated heterocycles. The summed E-state index contributed by atoms with van der Waals surface area (Å²) < 4.78 is 15.1. The van der Waals surface area contributed by atoms with Crippen LogP contribution in [0.15, 0.2) is 29.8 Å². The quantitative estimate of drug-likeness (QED) is 0.646. The van der Waals surface area contributed by atoms with E-state index in [-0.39, 0.29) is 5.02 Å². The normalized spacial score (nSPS) is 11.2. The topological polar surface area (TPSA) is 17.3 Å². The highest BCUT2D eigenvalue weighted by atomic mass is 35.5. The number of nitrogens with zero attached hydrogens (tertiary/aromatic N) is 2. The van der Waals surface area contributed by atoms with Crippen molar-refractivity contribution in [2.45, 2.75) is 6.92 Å². The van der Waals surface area contributed by atoms with Gasteiger partial charge in [0.15, 0.2) is 4.96 Å². The van der Waals surface area contributed by atoms with E-state index in [1.54, 1.807) is 23.5 Å². The van der Waals surface area contributed by atoms with Crippen molar-refractivity contribution in [3.8, 4) is 11.3 Å². The van der Waals surface area contributed by atoms with Crippen molar-refractivity contribution < 1.29 is 4.39 Å². The minimum Gasteiger partial charge on any atom is -0.294 e. The number of halogens is 2. The molecule has 0 fully saturated rings. The molecule has 0 aliphatic rings. The number of benzene rings is 1. The summed E-state index contributed by atoms with van der Waals surface area (Å²) in [5.74, 6) is -0.410. The Labute approximate surface area is 106 Å². The largest absolute Gasteiger partial charge is 0.294 e. The van der Waals surface area contributed by atoms with Gasteiger partial charge in [0.1, 0.15) is 5.82 Å². The van der Waals surface area contributed by atoms with Crippen LogP contribution in [0.4, 0.5) is 4.39 Å². The summed E-state index contributed by atoms with van der Waals surface area (Å²) in [6.45, 7) is 2.02. The van der Waals surface area contributed by atoms with Gasteiger partial charge in [0.05, 0.1) is 10.7 Å². The van der Waals surface area contributed by atoms with Gasteiger partial charge >= 0.3 is 0 Å². The van der Waals surface area contributed by atoms with E-state index in [4.69, 9.17) is 11.6 Å². The van der Waals surface area contributed by atoms with E-state index in [0.29, 0.717) is 0 Å². The van der Waals surface area contributed by atoms with Crippen LogP contribution in [0, 0.1) is 12.7 Å². The van der Waals surface area contributed by atoms with Gasteiger partial charge in [-0.05, 0) is 25.1 Å². The summed E-state index contributed by atoms with van der Waals surface area (Å²) in [5, 5.41) is 2.17. The summed E-state index contributed by atoms with van der Waals surface area (Å²) in [6, 6.07) is 4.64. The zero-order chi connectivity index (χ0) is 12.0. The Morgan fingerprint density at radius 2 is 2.24 bits per heavy atom. The van der Waals surface area contributed by atoms with E-state index in [1.165, 1.54) is 6.07 Å². The average Bonchev–Trinajstić information content (AvgIpc) is 2.86. The van der Waals surface area contributed by atoms with Gasteiger partial charge in [-0.3, -0.25) is 4.40 Å². The zero-order valence-electron chi connectivity index (χ0n) is 8.95. The highest BCUT2D eigenvalue weighted by molar-refractivity contribution is 7.15. The molecule has 0 aliphatic heterocycles. The van der Waals surface area contributed by atoms with Gasteiger partial charge in [0, 0.05) is 22.8 Å². The van der Waals surface area contributed by atoms with Crippen molar-refractivity contribution in [1.29, 1.82) is 0 Å². The SMILES string of the molecule is Cc1csc2nc(-c3ccc(F)c(Cl)c3)cn12. The maximum atomic E-state index is 13.1. The van der Waals surface area contributed by atoms with E-state index < -0.39 is 5.82 Å². The maximum absolute atomic E-state index is 13.1. The summed E-state index contributed by atoms with van der Waals surface area (Å²) in [7, 11) is 0. The molecule has 0 amide bonds. The predicted molar refractivity (Wildman–Crippen MR) is 68.2 cm³/mol. The minimum absolute atomic E-state index is 0.121. The Morgan fingerprint density at radius 1 is 1.41 bits per heavy atom. The Bertz CT molecular complexity index is 702. The number of hydrogen-bond acceptors (Lipinski definition) is 2. The van der Waals surface area contributed by atoms with Gasteiger partial charge in [-0.1, -0.05) is 11.6 Å². The number of aromatic nitrogens is 2. The third-order valence-corrected chi connectivity index (χ3v) is 3.85. The molecule has 1 aromatic carbocycles. The Balaban J connectivity index is 2.16. The molecule has 3 aromatic rings. The molecular formula is C12H8ClFN2S. The molecule has 2 aromatic heterocycles. The molecule has 2 heterocycles. The second-order valence-corrected chi connectivity index (χ2v) is 5.03. The number of thiazole rings is 1. The molecule has 0 radical (unpaired) electrons. The van der Waals surface area contributed by atoms with Crippen molar-refractivity contribution in [1.82, 2.24) is 9.38 Å². The number of imidazole rings is 1. The Kier molecular flexibility index (Phi) is 2.42. The fourth-order valence-electron chi connectivity index (χ4n) is 1.69. The van der Waals surface area contributed by atoms with Crippen molar-refractivity contribution >= 4 is 27.9 Å². The lowest BCUT2D eigenvalue weighted by molar-refractivity contribution is 0.628. The molecule has 0 spiro atoms. The lowest BCUT2D eigenvalue weighted by Gasteiger charge is -1.98. The molecule has 0 N–H and O–H groups in total. The first-order valence-electron chi connectivity index (χ1n) is 5.04. The fourth-order valence-corrected chi connectivity index (χ4v) is 2.72. The van der Waals surface area contributed by atoms with E-state index in [9.17, 15) is 4.39 Å². The van der Waals surface area contributed by atoms with Crippen molar-refractivity contribution in [2.75, 3.05) is 0 Å². The molecule has 86 valence electrons. The molecule has 0 unspecified atom stereocenters. The smallest absolute Gasteiger partial charge is 0.194 e. The van der Waals surface area contributed by atoms with E-state index in [1.807, 2.05) is 22.9 Å². The third-order valence-electron chi connectivity index (χ3n) is 2.60. The maximum Gasteiger partial charge on any atom is 0.194 e. The average molecular weight is 267 g/mol. The van der Waals surface area contributed by atoms with Crippen LogP contribution in [0.1, 0.15) is 5.69 Å². The molecule has 2 nitrogen and oxygen atoms in total. The van der Waals surface area contributed by atoms with E-state index in [2.05, 4.69) is 4.98 Å². The number of aryl methyl sites for hydroxylation is 1. The molecule has 17 heavy (non-hydrogen) atoms. The van der Waals surface area contributed by atoms with Crippen molar-refractivity contribution in [3.05, 3.63) is 46.3 Å². The van der Waals surface area contributed by atoms with Crippen LogP contribution in [0.5, 0.6) is 0 Å².